The Morgan fingerprint density at radius 3 is 1.61 bits per heavy atom. The molecule has 0 bridgehead atoms. The first kappa shape index (κ1) is 43.1. The fraction of sp³-hybridized carbons (Fsp3) is 0.0154. The molecule has 0 heterocycles. The second kappa shape index (κ2) is 19.4. The van der Waals surface area contributed by atoms with E-state index in [0.29, 0.717) is 23.6 Å². The Labute approximate surface area is 408 Å². The summed E-state index contributed by atoms with van der Waals surface area (Å²) in [6, 6.07) is 88.8. The van der Waals surface area contributed by atoms with Gasteiger partial charge in [-0.25, -0.2) is 0 Å². The molecule has 0 spiro atoms. The van der Waals surface area contributed by atoms with Gasteiger partial charge < -0.3 is 16.4 Å². The minimum Gasteiger partial charge on any atom is -0.398 e. The molecule has 0 aromatic heterocycles. The molecule has 0 aliphatic rings. The summed E-state index contributed by atoms with van der Waals surface area (Å²) in [5.41, 5.74) is 24.1. The average molecular weight is 898 g/mol. The molecule has 5 nitrogen and oxygen atoms in total. The molecule has 70 heavy (non-hydrogen) atoms. The van der Waals surface area contributed by atoms with Crippen LogP contribution in [0.15, 0.2) is 254 Å². The van der Waals surface area contributed by atoms with Crippen LogP contribution >= 0.6 is 0 Å². The molecule has 0 atom stereocenters. The summed E-state index contributed by atoms with van der Waals surface area (Å²) < 4.78 is 0. The highest BCUT2D eigenvalue weighted by Gasteiger charge is 2.18. The van der Waals surface area contributed by atoms with Crippen LogP contribution in [0.1, 0.15) is 16.7 Å². The topological polar surface area (TPSA) is 86.2 Å². The highest BCUT2D eigenvalue weighted by atomic mass is 15.0. The summed E-state index contributed by atoms with van der Waals surface area (Å²) in [5, 5.41) is 21.4. The molecule has 0 aliphatic heterocycles. The molecule has 332 valence electrons. The van der Waals surface area contributed by atoms with Crippen LogP contribution in [0.2, 0.25) is 0 Å². The number of anilines is 4. The molecule has 11 rings (SSSR count). The standard InChI is InChI=1S/C65H47N5/c66-42-53-30-31-54(57-28-13-12-27-56(53)57)43-68-65(59-35-32-46-20-10-11-29-58(46)64(59)67)70-63-37-34-50(41-61(63)51-23-14-21-47(38-51)44-16-4-1-5-17-44)48-22-15-24-52(39-48)60-40-49(45-18-6-2-7-19-45)33-36-62(60)69-55-25-8-3-9-26-55/h1-41,69H,43,67H2,(H,68,70). The summed E-state index contributed by atoms with van der Waals surface area (Å²) in [4.78, 5) is 5.36. The molecule has 0 amide bonds. The summed E-state index contributed by atoms with van der Waals surface area (Å²) in [6.07, 6.45) is 0. The van der Waals surface area contributed by atoms with Crippen molar-refractivity contribution in [3.05, 3.63) is 265 Å². The number of para-hydroxylation sites is 1. The summed E-state index contributed by atoms with van der Waals surface area (Å²) >= 11 is 0. The van der Waals surface area contributed by atoms with Gasteiger partial charge in [0.1, 0.15) is 5.84 Å². The van der Waals surface area contributed by atoms with Crippen LogP contribution in [0.5, 0.6) is 0 Å². The maximum Gasteiger partial charge on any atom is 0.135 e. The van der Waals surface area contributed by atoms with Crippen molar-refractivity contribution < 1.29 is 0 Å². The number of nitriles is 1. The summed E-state index contributed by atoms with van der Waals surface area (Å²) in [7, 11) is 0. The van der Waals surface area contributed by atoms with Crippen molar-refractivity contribution in [3.8, 4) is 61.7 Å². The number of nitrogens with two attached hydrogens (primary N) is 1. The van der Waals surface area contributed by atoms with Crippen LogP contribution in [0.25, 0.3) is 77.2 Å². The number of aliphatic imine (C=N–C) groups is 1. The van der Waals surface area contributed by atoms with E-state index < -0.39 is 0 Å². The number of fused-ring (bicyclic) bond motifs is 2. The quantitative estimate of drug-likeness (QED) is 0.0686. The smallest absolute Gasteiger partial charge is 0.135 e. The molecule has 0 aliphatic carbocycles. The van der Waals surface area contributed by atoms with Gasteiger partial charge in [0.05, 0.1) is 23.9 Å². The van der Waals surface area contributed by atoms with Crippen LogP contribution in [0, 0.1) is 11.3 Å². The molecule has 11 aromatic rings. The van der Waals surface area contributed by atoms with Gasteiger partial charge in [-0.2, -0.15) is 5.26 Å². The van der Waals surface area contributed by atoms with E-state index in [9.17, 15) is 5.26 Å². The molecular weight excluding hydrogens is 851 g/mol. The van der Waals surface area contributed by atoms with E-state index in [-0.39, 0.29) is 0 Å². The zero-order valence-electron chi connectivity index (χ0n) is 38.4. The van der Waals surface area contributed by atoms with Gasteiger partial charge in [-0.3, -0.25) is 4.99 Å². The number of nitrogens with one attached hydrogen (secondary N) is 2. The molecule has 0 saturated carbocycles. The van der Waals surface area contributed by atoms with Gasteiger partial charge >= 0.3 is 0 Å². The van der Waals surface area contributed by atoms with Gasteiger partial charge in [0.25, 0.3) is 0 Å². The van der Waals surface area contributed by atoms with Crippen LogP contribution in [-0.2, 0) is 6.54 Å². The molecule has 0 fully saturated rings. The monoisotopic (exact) mass is 897 g/mol. The van der Waals surface area contributed by atoms with E-state index >= 15 is 0 Å². The molecular formula is C65H47N5. The van der Waals surface area contributed by atoms with Gasteiger partial charge in [-0.1, -0.05) is 188 Å². The summed E-state index contributed by atoms with van der Waals surface area (Å²) in [6.45, 7) is 0.358. The van der Waals surface area contributed by atoms with Gasteiger partial charge in [-0.05, 0) is 127 Å². The van der Waals surface area contributed by atoms with E-state index in [0.717, 1.165) is 105 Å². The third kappa shape index (κ3) is 8.89. The first-order valence-corrected chi connectivity index (χ1v) is 23.5. The van der Waals surface area contributed by atoms with Gasteiger partial charge in [-0.15, -0.1) is 0 Å². The fourth-order valence-corrected chi connectivity index (χ4v) is 9.40. The maximum atomic E-state index is 9.94. The van der Waals surface area contributed by atoms with Crippen molar-refractivity contribution in [2.24, 2.45) is 4.99 Å². The predicted molar refractivity (Wildman–Crippen MR) is 294 cm³/mol. The first-order valence-electron chi connectivity index (χ1n) is 23.5. The number of rotatable bonds is 11. The van der Waals surface area contributed by atoms with Crippen molar-refractivity contribution in [3.63, 3.8) is 0 Å². The Kier molecular flexibility index (Phi) is 11.9. The molecule has 0 unspecified atom stereocenters. The number of nitrogens with zero attached hydrogens (tertiary/aromatic N) is 2. The lowest BCUT2D eigenvalue weighted by atomic mass is 9.92. The Morgan fingerprint density at radius 2 is 0.943 bits per heavy atom. The Balaban J connectivity index is 1.05. The van der Waals surface area contributed by atoms with E-state index in [1.165, 1.54) is 0 Å². The van der Waals surface area contributed by atoms with Crippen molar-refractivity contribution in [2.75, 3.05) is 16.4 Å². The maximum absolute atomic E-state index is 9.94. The van der Waals surface area contributed by atoms with Gasteiger partial charge in [0, 0.05) is 39.1 Å². The van der Waals surface area contributed by atoms with E-state index in [4.69, 9.17) is 10.7 Å². The number of hydrogen-bond acceptors (Lipinski definition) is 4. The number of benzene rings is 11. The molecule has 4 N–H and O–H groups in total. The minimum absolute atomic E-state index is 0.358. The SMILES string of the molecule is N#Cc1ccc(CN=C(Nc2ccc(-c3cccc(-c4cc(-c5ccccc5)ccc4Nc4ccccc4)c3)cc2-c2cccc(-c3ccccc3)c2)c2ccc3ccccc3c2N)c2ccccc12. The van der Waals surface area contributed by atoms with Crippen molar-refractivity contribution in [2.45, 2.75) is 6.54 Å². The lowest BCUT2D eigenvalue weighted by Gasteiger charge is -2.19. The minimum atomic E-state index is 0.358. The second-order valence-corrected chi connectivity index (χ2v) is 17.4. The average Bonchev–Trinajstić information content (AvgIpc) is 3.43. The van der Waals surface area contributed by atoms with Gasteiger partial charge in [0.15, 0.2) is 0 Å². The third-order valence-corrected chi connectivity index (χ3v) is 13.0. The number of nitrogen functional groups attached to an aromatic ring is 1. The molecule has 11 aromatic carbocycles. The fourth-order valence-electron chi connectivity index (χ4n) is 9.40. The highest BCUT2D eigenvalue weighted by molar-refractivity contribution is 6.16. The van der Waals surface area contributed by atoms with Crippen LogP contribution in [-0.4, -0.2) is 5.84 Å². The van der Waals surface area contributed by atoms with Crippen molar-refractivity contribution in [1.29, 1.82) is 5.26 Å². The largest absolute Gasteiger partial charge is 0.398 e. The Hall–Kier alpha value is -9.50. The number of hydrogen-bond donors (Lipinski definition) is 3. The normalized spacial score (nSPS) is 11.3. The van der Waals surface area contributed by atoms with Crippen LogP contribution in [0.4, 0.5) is 22.7 Å². The lowest BCUT2D eigenvalue weighted by Crippen LogP contribution is -2.17. The van der Waals surface area contributed by atoms with Crippen molar-refractivity contribution in [1.82, 2.24) is 0 Å². The molecule has 0 radical (unpaired) electrons. The molecule has 5 heteroatoms. The molecule has 0 saturated heterocycles. The van der Waals surface area contributed by atoms with E-state index in [1.54, 1.807) is 0 Å². The van der Waals surface area contributed by atoms with Gasteiger partial charge in [0.2, 0.25) is 0 Å². The van der Waals surface area contributed by atoms with Crippen molar-refractivity contribution >= 4 is 50.1 Å². The van der Waals surface area contributed by atoms with Crippen LogP contribution < -0.4 is 16.4 Å². The third-order valence-electron chi connectivity index (χ3n) is 13.0. The second-order valence-electron chi connectivity index (χ2n) is 17.4. The Morgan fingerprint density at radius 1 is 0.429 bits per heavy atom. The number of amidine groups is 1. The van der Waals surface area contributed by atoms with Crippen LogP contribution in [0.3, 0.4) is 0 Å². The zero-order valence-corrected chi connectivity index (χ0v) is 38.4. The van der Waals surface area contributed by atoms with E-state index in [2.05, 4.69) is 211 Å². The highest BCUT2D eigenvalue weighted by Crippen LogP contribution is 2.40. The predicted octanol–water partition coefficient (Wildman–Crippen LogP) is 16.6. The summed E-state index contributed by atoms with van der Waals surface area (Å²) in [5.74, 6) is 0.642. The first-order chi connectivity index (χ1) is 34.6. The van der Waals surface area contributed by atoms with E-state index in [1.807, 2.05) is 54.6 Å². The lowest BCUT2D eigenvalue weighted by molar-refractivity contribution is 1.08. The Bertz CT molecular complexity index is 3760. The zero-order chi connectivity index (χ0) is 47.2.